The molecule has 3 heteroatoms. The third-order valence-corrected chi connectivity index (χ3v) is 3.46. The highest BCUT2D eigenvalue weighted by molar-refractivity contribution is 5.37. The Labute approximate surface area is 122 Å². The van der Waals surface area contributed by atoms with Gasteiger partial charge in [-0.2, -0.15) is 0 Å². The number of hydrogen-bond acceptors (Lipinski definition) is 2. The summed E-state index contributed by atoms with van der Waals surface area (Å²) in [4.78, 5) is 0. The molecule has 20 heavy (non-hydrogen) atoms. The molecular formula is C17H28FNO. The molecule has 1 N–H and O–H groups in total. The number of ether oxygens (including phenoxy) is 1. The fraction of sp³-hybridized carbons (Fsp3) is 0.647. The van der Waals surface area contributed by atoms with Gasteiger partial charge in [0.05, 0.1) is 6.61 Å². The van der Waals surface area contributed by atoms with Crippen LogP contribution >= 0.6 is 0 Å². The number of para-hydroxylation sites is 1. The zero-order valence-corrected chi connectivity index (χ0v) is 13.2. The van der Waals surface area contributed by atoms with E-state index < -0.39 is 0 Å². The molecule has 0 spiro atoms. The zero-order chi connectivity index (χ0) is 15.0. The van der Waals surface area contributed by atoms with E-state index in [1.165, 1.54) is 6.07 Å². The first-order valence-electron chi connectivity index (χ1n) is 7.74. The first kappa shape index (κ1) is 17.0. The maximum absolute atomic E-state index is 14.0. The summed E-state index contributed by atoms with van der Waals surface area (Å²) in [5, 5.41) is 3.38. The van der Waals surface area contributed by atoms with E-state index in [0.29, 0.717) is 18.3 Å². The van der Waals surface area contributed by atoms with Crippen molar-refractivity contribution in [2.24, 2.45) is 5.92 Å². The minimum atomic E-state index is -0.267. The molecule has 0 aliphatic rings. The molecule has 0 heterocycles. The molecule has 0 bridgehead atoms. The van der Waals surface area contributed by atoms with Gasteiger partial charge in [-0.3, -0.25) is 0 Å². The Morgan fingerprint density at radius 1 is 1.20 bits per heavy atom. The first-order chi connectivity index (χ1) is 9.60. The molecule has 0 fully saturated rings. The SMILES string of the molecule is CCCNC(C)c1cccc(F)c1OCC(C)CCC. The lowest BCUT2D eigenvalue weighted by Gasteiger charge is -2.20. The van der Waals surface area contributed by atoms with Gasteiger partial charge in [0.15, 0.2) is 11.6 Å². The van der Waals surface area contributed by atoms with Crippen LogP contribution in [-0.4, -0.2) is 13.2 Å². The lowest BCUT2D eigenvalue weighted by Crippen LogP contribution is -2.21. The van der Waals surface area contributed by atoms with E-state index in [1.807, 2.05) is 13.0 Å². The fourth-order valence-corrected chi connectivity index (χ4v) is 2.29. The summed E-state index contributed by atoms with van der Waals surface area (Å²) in [6.07, 6.45) is 3.29. The molecule has 2 unspecified atom stereocenters. The Bertz CT molecular complexity index is 395. The molecule has 2 nitrogen and oxygen atoms in total. The normalized spacial score (nSPS) is 14.1. The summed E-state index contributed by atoms with van der Waals surface area (Å²) < 4.78 is 19.8. The number of nitrogens with one attached hydrogen (secondary N) is 1. The average Bonchev–Trinajstić information content (AvgIpc) is 2.43. The molecule has 114 valence electrons. The summed E-state index contributed by atoms with van der Waals surface area (Å²) in [5.74, 6) is 0.592. The van der Waals surface area contributed by atoms with Gasteiger partial charge < -0.3 is 10.1 Å². The van der Waals surface area contributed by atoms with Crippen LogP contribution < -0.4 is 10.1 Å². The van der Waals surface area contributed by atoms with Crippen LogP contribution in [0, 0.1) is 11.7 Å². The highest BCUT2D eigenvalue weighted by Gasteiger charge is 2.16. The van der Waals surface area contributed by atoms with Crippen LogP contribution in [0.1, 0.15) is 58.6 Å². The van der Waals surface area contributed by atoms with E-state index in [2.05, 4.69) is 26.1 Å². The predicted octanol–water partition coefficient (Wildman–Crippen LogP) is 4.70. The van der Waals surface area contributed by atoms with Crippen molar-refractivity contribution >= 4 is 0 Å². The molecule has 0 saturated heterocycles. The quantitative estimate of drug-likeness (QED) is 0.708. The lowest BCUT2D eigenvalue weighted by molar-refractivity contribution is 0.237. The number of rotatable bonds is 9. The monoisotopic (exact) mass is 281 g/mol. The molecule has 0 aliphatic carbocycles. The maximum atomic E-state index is 14.0. The van der Waals surface area contributed by atoms with Gasteiger partial charge in [-0.25, -0.2) is 4.39 Å². The van der Waals surface area contributed by atoms with Crippen molar-refractivity contribution in [2.45, 2.75) is 53.0 Å². The van der Waals surface area contributed by atoms with Crippen LogP contribution in [0.5, 0.6) is 5.75 Å². The highest BCUT2D eigenvalue weighted by Crippen LogP contribution is 2.28. The van der Waals surface area contributed by atoms with E-state index >= 15 is 0 Å². The average molecular weight is 281 g/mol. The third-order valence-electron chi connectivity index (χ3n) is 3.46. The van der Waals surface area contributed by atoms with Gasteiger partial charge >= 0.3 is 0 Å². The molecule has 0 aliphatic heterocycles. The first-order valence-corrected chi connectivity index (χ1v) is 7.74. The van der Waals surface area contributed by atoms with E-state index in [4.69, 9.17) is 4.74 Å². The topological polar surface area (TPSA) is 21.3 Å². The maximum Gasteiger partial charge on any atom is 0.165 e. The van der Waals surface area contributed by atoms with Gasteiger partial charge in [0.25, 0.3) is 0 Å². The van der Waals surface area contributed by atoms with Crippen molar-refractivity contribution in [3.05, 3.63) is 29.6 Å². The molecule has 1 aromatic rings. The second kappa shape index (κ2) is 8.96. The summed E-state index contributed by atoms with van der Waals surface area (Å²) in [6, 6.07) is 5.26. The number of hydrogen-bond donors (Lipinski definition) is 1. The second-order valence-electron chi connectivity index (χ2n) is 5.54. The number of benzene rings is 1. The minimum Gasteiger partial charge on any atom is -0.490 e. The summed E-state index contributed by atoms with van der Waals surface area (Å²) in [7, 11) is 0. The van der Waals surface area contributed by atoms with Crippen molar-refractivity contribution in [2.75, 3.05) is 13.2 Å². The Morgan fingerprint density at radius 3 is 2.60 bits per heavy atom. The minimum absolute atomic E-state index is 0.0992. The molecule has 0 radical (unpaired) electrons. The van der Waals surface area contributed by atoms with E-state index in [0.717, 1.165) is 31.4 Å². The van der Waals surface area contributed by atoms with Crippen molar-refractivity contribution in [1.29, 1.82) is 0 Å². The van der Waals surface area contributed by atoms with E-state index in [-0.39, 0.29) is 11.9 Å². The van der Waals surface area contributed by atoms with Gasteiger partial charge in [-0.1, -0.05) is 39.3 Å². The fourth-order valence-electron chi connectivity index (χ4n) is 2.29. The number of halogens is 1. The molecule has 2 atom stereocenters. The summed E-state index contributed by atoms with van der Waals surface area (Å²) >= 11 is 0. The molecule has 0 saturated carbocycles. The standard InChI is InChI=1S/C17H28FNO/c1-5-8-13(3)12-20-17-15(9-7-10-16(17)18)14(4)19-11-6-2/h7,9-10,13-14,19H,5-6,8,11-12H2,1-4H3. The van der Waals surface area contributed by atoms with Crippen LogP contribution in [0.4, 0.5) is 4.39 Å². The van der Waals surface area contributed by atoms with Crippen molar-refractivity contribution < 1.29 is 9.13 Å². The molecular weight excluding hydrogens is 253 g/mol. The summed E-state index contributed by atoms with van der Waals surface area (Å²) in [6.45, 7) is 9.96. The van der Waals surface area contributed by atoms with Crippen LogP contribution in [0.25, 0.3) is 0 Å². The Balaban J connectivity index is 2.77. The molecule has 0 aromatic heterocycles. The Kier molecular flexibility index (Phi) is 7.60. The van der Waals surface area contributed by atoms with Crippen molar-refractivity contribution in [3.8, 4) is 5.75 Å². The van der Waals surface area contributed by atoms with Crippen LogP contribution in [0.3, 0.4) is 0 Å². The van der Waals surface area contributed by atoms with Crippen LogP contribution in [0.15, 0.2) is 18.2 Å². The van der Waals surface area contributed by atoms with E-state index in [9.17, 15) is 4.39 Å². The Hall–Kier alpha value is -1.09. The Morgan fingerprint density at radius 2 is 1.95 bits per heavy atom. The predicted molar refractivity (Wildman–Crippen MR) is 82.7 cm³/mol. The van der Waals surface area contributed by atoms with E-state index in [1.54, 1.807) is 6.07 Å². The zero-order valence-electron chi connectivity index (χ0n) is 13.2. The largest absolute Gasteiger partial charge is 0.490 e. The van der Waals surface area contributed by atoms with Crippen LogP contribution in [-0.2, 0) is 0 Å². The molecule has 1 rings (SSSR count). The third kappa shape index (κ3) is 5.12. The molecule has 0 amide bonds. The second-order valence-corrected chi connectivity index (χ2v) is 5.54. The highest BCUT2D eigenvalue weighted by atomic mass is 19.1. The van der Waals surface area contributed by atoms with Gasteiger partial charge in [0.2, 0.25) is 0 Å². The van der Waals surface area contributed by atoms with Gasteiger partial charge in [0, 0.05) is 11.6 Å². The van der Waals surface area contributed by atoms with Crippen LogP contribution in [0.2, 0.25) is 0 Å². The van der Waals surface area contributed by atoms with Gasteiger partial charge in [0.1, 0.15) is 0 Å². The van der Waals surface area contributed by atoms with Gasteiger partial charge in [-0.15, -0.1) is 0 Å². The van der Waals surface area contributed by atoms with Crippen molar-refractivity contribution in [3.63, 3.8) is 0 Å². The summed E-state index contributed by atoms with van der Waals surface area (Å²) in [5.41, 5.74) is 0.905. The smallest absolute Gasteiger partial charge is 0.165 e. The lowest BCUT2D eigenvalue weighted by atomic mass is 10.1. The van der Waals surface area contributed by atoms with Gasteiger partial charge in [-0.05, 0) is 38.3 Å². The van der Waals surface area contributed by atoms with Crippen molar-refractivity contribution in [1.82, 2.24) is 5.32 Å². The molecule has 1 aromatic carbocycles.